The Hall–Kier alpha value is -2.69. The highest BCUT2D eigenvalue weighted by Gasteiger charge is 2.38. The zero-order chi connectivity index (χ0) is 19.7. The molecule has 2 heterocycles. The van der Waals surface area contributed by atoms with Gasteiger partial charge in [0, 0.05) is 29.8 Å². The molecule has 1 aliphatic carbocycles. The number of aromatic nitrogens is 1. The number of thiazole rings is 1. The third kappa shape index (κ3) is 3.43. The SMILES string of the molecule is NCC1(c2nc(-c3ccccc3)c(Cc3ccccc3)s2)C=CC2=C(CCO2)C1. The summed E-state index contributed by atoms with van der Waals surface area (Å²) in [5, 5.41) is 1.11. The number of allylic oxidation sites excluding steroid dienone is 1. The summed E-state index contributed by atoms with van der Waals surface area (Å²) in [6.45, 7) is 1.33. The minimum Gasteiger partial charge on any atom is -0.493 e. The van der Waals surface area contributed by atoms with Gasteiger partial charge in [-0.2, -0.15) is 0 Å². The van der Waals surface area contributed by atoms with E-state index in [1.165, 1.54) is 16.0 Å². The third-order valence-corrected chi connectivity index (χ3v) is 7.11. The summed E-state index contributed by atoms with van der Waals surface area (Å²) in [5.74, 6) is 1.04. The van der Waals surface area contributed by atoms with Crippen molar-refractivity contribution in [3.05, 3.63) is 99.6 Å². The van der Waals surface area contributed by atoms with Gasteiger partial charge in [-0.05, 0) is 23.6 Å². The van der Waals surface area contributed by atoms with Crippen molar-refractivity contribution in [2.75, 3.05) is 13.2 Å². The summed E-state index contributed by atoms with van der Waals surface area (Å²) < 4.78 is 5.74. The number of nitrogens with two attached hydrogens (primary N) is 1. The lowest BCUT2D eigenvalue weighted by Gasteiger charge is -2.30. The van der Waals surface area contributed by atoms with Crippen molar-refractivity contribution >= 4 is 11.3 Å². The standard InChI is InChI=1S/C25H24N2OS/c26-17-25(13-11-21-20(16-25)12-14-28-21)24-27-23(19-9-5-2-6-10-19)22(29-24)15-18-7-3-1-4-8-18/h1-11,13H,12,14-17,26H2. The van der Waals surface area contributed by atoms with E-state index < -0.39 is 0 Å². The minimum atomic E-state index is -0.240. The van der Waals surface area contributed by atoms with Crippen molar-refractivity contribution in [1.29, 1.82) is 0 Å². The van der Waals surface area contributed by atoms with Crippen LogP contribution in [0, 0.1) is 0 Å². The molecule has 0 spiro atoms. The Morgan fingerprint density at radius 3 is 2.55 bits per heavy atom. The zero-order valence-electron chi connectivity index (χ0n) is 16.3. The highest BCUT2D eigenvalue weighted by molar-refractivity contribution is 7.12. The topological polar surface area (TPSA) is 48.1 Å². The van der Waals surface area contributed by atoms with Gasteiger partial charge in [-0.25, -0.2) is 4.98 Å². The summed E-state index contributed by atoms with van der Waals surface area (Å²) in [6.07, 6.45) is 7.11. The molecule has 1 unspecified atom stereocenters. The van der Waals surface area contributed by atoms with E-state index in [-0.39, 0.29) is 5.41 Å². The average molecular weight is 401 g/mol. The second-order valence-electron chi connectivity index (χ2n) is 7.76. The van der Waals surface area contributed by atoms with Gasteiger partial charge >= 0.3 is 0 Å². The van der Waals surface area contributed by atoms with E-state index in [2.05, 4.69) is 66.7 Å². The molecule has 5 rings (SSSR count). The van der Waals surface area contributed by atoms with E-state index in [0.29, 0.717) is 6.54 Å². The van der Waals surface area contributed by atoms with Crippen LogP contribution in [-0.2, 0) is 16.6 Å². The van der Waals surface area contributed by atoms with Crippen LogP contribution in [0.15, 0.2) is 84.1 Å². The van der Waals surface area contributed by atoms with Crippen LogP contribution in [0.3, 0.4) is 0 Å². The highest BCUT2D eigenvalue weighted by Crippen LogP contribution is 2.44. The lowest BCUT2D eigenvalue weighted by Crippen LogP contribution is -2.35. The smallest absolute Gasteiger partial charge is 0.118 e. The van der Waals surface area contributed by atoms with E-state index in [9.17, 15) is 0 Å². The molecular weight excluding hydrogens is 376 g/mol. The van der Waals surface area contributed by atoms with Gasteiger partial charge < -0.3 is 10.5 Å². The van der Waals surface area contributed by atoms with Gasteiger partial charge in [-0.15, -0.1) is 11.3 Å². The van der Waals surface area contributed by atoms with E-state index in [4.69, 9.17) is 15.5 Å². The molecule has 0 saturated heterocycles. The van der Waals surface area contributed by atoms with Crippen LogP contribution in [0.25, 0.3) is 11.3 Å². The van der Waals surface area contributed by atoms with Crippen molar-refractivity contribution in [1.82, 2.24) is 4.98 Å². The maximum atomic E-state index is 6.36. The lowest BCUT2D eigenvalue weighted by atomic mass is 9.78. The molecule has 1 aromatic heterocycles. The minimum absolute atomic E-state index is 0.240. The molecule has 2 aromatic carbocycles. The number of benzene rings is 2. The van der Waals surface area contributed by atoms with Crippen LogP contribution in [0.4, 0.5) is 0 Å². The number of nitrogens with zero attached hydrogens (tertiary/aromatic N) is 1. The van der Waals surface area contributed by atoms with Crippen molar-refractivity contribution < 1.29 is 4.74 Å². The first-order valence-electron chi connectivity index (χ1n) is 10.1. The Bertz CT molecular complexity index is 1070. The van der Waals surface area contributed by atoms with Gasteiger partial charge in [0.05, 0.1) is 17.7 Å². The number of ether oxygens (including phenoxy) is 1. The first-order chi connectivity index (χ1) is 14.3. The molecule has 0 amide bonds. The van der Waals surface area contributed by atoms with Crippen LogP contribution in [0.1, 0.15) is 28.3 Å². The molecule has 3 aromatic rings. The van der Waals surface area contributed by atoms with E-state index in [0.717, 1.165) is 47.9 Å². The highest BCUT2D eigenvalue weighted by atomic mass is 32.1. The Morgan fingerprint density at radius 2 is 1.79 bits per heavy atom. The van der Waals surface area contributed by atoms with Gasteiger partial charge in [0.2, 0.25) is 0 Å². The monoisotopic (exact) mass is 400 g/mol. The molecule has 0 saturated carbocycles. The molecule has 0 radical (unpaired) electrons. The second kappa shape index (κ2) is 7.62. The first kappa shape index (κ1) is 18.3. The van der Waals surface area contributed by atoms with Crippen molar-refractivity contribution in [2.24, 2.45) is 5.73 Å². The second-order valence-corrected chi connectivity index (χ2v) is 8.84. The molecule has 0 fully saturated rings. The number of rotatable bonds is 5. The maximum absolute atomic E-state index is 6.36. The van der Waals surface area contributed by atoms with Gasteiger partial charge in [0.25, 0.3) is 0 Å². The Kier molecular flexibility index (Phi) is 4.82. The lowest BCUT2D eigenvalue weighted by molar-refractivity contribution is 0.256. The zero-order valence-corrected chi connectivity index (χ0v) is 17.1. The van der Waals surface area contributed by atoms with Gasteiger partial charge in [-0.1, -0.05) is 66.7 Å². The summed E-state index contributed by atoms with van der Waals surface area (Å²) in [4.78, 5) is 6.47. The summed E-state index contributed by atoms with van der Waals surface area (Å²) in [6, 6.07) is 21.1. The van der Waals surface area contributed by atoms with E-state index >= 15 is 0 Å². The van der Waals surface area contributed by atoms with Gasteiger partial charge in [0.15, 0.2) is 0 Å². The van der Waals surface area contributed by atoms with Gasteiger partial charge in [-0.3, -0.25) is 0 Å². The third-order valence-electron chi connectivity index (χ3n) is 5.83. The number of hydrogen-bond donors (Lipinski definition) is 1. The summed E-state index contributed by atoms with van der Waals surface area (Å²) in [7, 11) is 0. The fraction of sp³-hybridized carbons (Fsp3) is 0.240. The van der Waals surface area contributed by atoms with Crippen molar-refractivity contribution in [3.63, 3.8) is 0 Å². The quantitative estimate of drug-likeness (QED) is 0.638. The van der Waals surface area contributed by atoms with Crippen molar-refractivity contribution in [2.45, 2.75) is 24.7 Å². The van der Waals surface area contributed by atoms with Crippen LogP contribution in [-0.4, -0.2) is 18.1 Å². The summed E-state index contributed by atoms with van der Waals surface area (Å²) in [5.41, 5.74) is 11.0. The Balaban J connectivity index is 1.58. The average Bonchev–Trinajstić information content (AvgIpc) is 3.41. The first-order valence-corrected chi connectivity index (χ1v) is 10.9. The molecule has 29 heavy (non-hydrogen) atoms. The normalized spacial score (nSPS) is 20.6. The van der Waals surface area contributed by atoms with Crippen molar-refractivity contribution in [3.8, 4) is 11.3 Å². The molecule has 4 heteroatoms. The van der Waals surface area contributed by atoms with Crippen LogP contribution >= 0.6 is 11.3 Å². The molecule has 0 bridgehead atoms. The largest absolute Gasteiger partial charge is 0.493 e. The van der Waals surface area contributed by atoms with E-state index in [1.807, 2.05) is 17.4 Å². The Labute approximate surface area is 175 Å². The van der Waals surface area contributed by atoms with Crippen LogP contribution in [0.5, 0.6) is 0 Å². The molecule has 146 valence electrons. The maximum Gasteiger partial charge on any atom is 0.118 e. The molecule has 1 aliphatic heterocycles. The van der Waals surface area contributed by atoms with E-state index in [1.54, 1.807) is 0 Å². The fourth-order valence-electron chi connectivity index (χ4n) is 4.19. The summed E-state index contributed by atoms with van der Waals surface area (Å²) >= 11 is 1.81. The predicted octanol–water partition coefficient (Wildman–Crippen LogP) is 5.23. The molecule has 3 nitrogen and oxygen atoms in total. The van der Waals surface area contributed by atoms with Crippen LogP contribution < -0.4 is 5.73 Å². The van der Waals surface area contributed by atoms with Gasteiger partial charge in [0.1, 0.15) is 10.8 Å². The molecular formula is C25H24N2OS. The molecule has 2 aliphatic rings. The molecule has 1 atom stereocenters. The molecule has 2 N–H and O–H groups in total. The predicted molar refractivity (Wildman–Crippen MR) is 119 cm³/mol. The van der Waals surface area contributed by atoms with Crippen LogP contribution in [0.2, 0.25) is 0 Å². The Morgan fingerprint density at radius 1 is 1.03 bits per heavy atom. The fourth-order valence-corrected chi connectivity index (χ4v) is 5.48. The number of hydrogen-bond acceptors (Lipinski definition) is 4.